The smallest absolute Gasteiger partial charge is 0.339 e. The van der Waals surface area contributed by atoms with Crippen molar-refractivity contribution in [2.75, 3.05) is 13.7 Å². The number of halogens is 1. The van der Waals surface area contributed by atoms with Crippen LogP contribution in [0.25, 0.3) is 0 Å². The Hall–Kier alpha value is -2.27. The molecule has 134 valence electrons. The summed E-state index contributed by atoms with van der Waals surface area (Å²) in [5, 5.41) is 0.637. The third-order valence-electron chi connectivity index (χ3n) is 4.22. The Labute approximate surface area is 152 Å². The van der Waals surface area contributed by atoms with E-state index in [0.717, 1.165) is 5.56 Å². The van der Waals surface area contributed by atoms with Crippen LogP contribution in [-0.2, 0) is 17.7 Å². The molecule has 1 heterocycles. The van der Waals surface area contributed by atoms with Gasteiger partial charge in [-0.3, -0.25) is 4.79 Å². The minimum absolute atomic E-state index is 0.148. The number of H-pyrrole nitrogens is 1. The standard InChI is InChI=1S/C19H23ClN2O3/c1-5-15-16(19(24)25-4)12(3)17(21-15)18(23)22(6-2)11-13-8-7-9-14(20)10-13/h7-10,21H,5-6,11H2,1-4H3. The van der Waals surface area contributed by atoms with E-state index in [1.165, 1.54) is 7.11 Å². The number of methoxy groups -OCH3 is 1. The van der Waals surface area contributed by atoms with Crippen LogP contribution in [0.1, 0.15) is 51.5 Å². The van der Waals surface area contributed by atoms with Gasteiger partial charge in [0.2, 0.25) is 0 Å². The van der Waals surface area contributed by atoms with Gasteiger partial charge in [0.05, 0.1) is 12.7 Å². The molecule has 2 rings (SSSR count). The molecular weight excluding hydrogens is 340 g/mol. The van der Waals surface area contributed by atoms with E-state index in [-0.39, 0.29) is 5.91 Å². The maximum absolute atomic E-state index is 13.0. The van der Waals surface area contributed by atoms with Gasteiger partial charge < -0.3 is 14.6 Å². The van der Waals surface area contributed by atoms with E-state index in [4.69, 9.17) is 16.3 Å². The van der Waals surface area contributed by atoms with Crippen LogP contribution in [0, 0.1) is 6.92 Å². The monoisotopic (exact) mass is 362 g/mol. The van der Waals surface area contributed by atoms with Crippen molar-refractivity contribution in [3.63, 3.8) is 0 Å². The molecule has 5 nitrogen and oxygen atoms in total. The Bertz CT molecular complexity index is 783. The quantitative estimate of drug-likeness (QED) is 0.790. The normalized spacial score (nSPS) is 10.6. The van der Waals surface area contributed by atoms with Gasteiger partial charge in [-0.25, -0.2) is 4.79 Å². The molecular formula is C19H23ClN2O3. The lowest BCUT2D eigenvalue weighted by atomic mass is 10.1. The van der Waals surface area contributed by atoms with Crippen molar-refractivity contribution in [2.24, 2.45) is 0 Å². The predicted octanol–water partition coefficient (Wildman–Crippen LogP) is 3.99. The van der Waals surface area contributed by atoms with Gasteiger partial charge in [0, 0.05) is 23.8 Å². The number of nitrogens with one attached hydrogen (secondary N) is 1. The number of aryl methyl sites for hydroxylation is 1. The van der Waals surface area contributed by atoms with Crippen LogP contribution in [0.15, 0.2) is 24.3 Å². The van der Waals surface area contributed by atoms with E-state index in [1.54, 1.807) is 17.9 Å². The first-order valence-electron chi connectivity index (χ1n) is 8.26. The van der Waals surface area contributed by atoms with Crippen molar-refractivity contribution in [1.29, 1.82) is 0 Å². The molecule has 0 saturated carbocycles. The number of benzene rings is 1. The van der Waals surface area contributed by atoms with Crippen molar-refractivity contribution in [3.05, 3.63) is 57.4 Å². The first-order chi connectivity index (χ1) is 11.9. The van der Waals surface area contributed by atoms with E-state index in [0.29, 0.717) is 47.0 Å². The lowest BCUT2D eigenvalue weighted by Gasteiger charge is -2.21. The molecule has 0 aliphatic heterocycles. The summed E-state index contributed by atoms with van der Waals surface area (Å²) in [5.74, 6) is -0.577. The summed E-state index contributed by atoms with van der Waals surface area (Å²) in [7, 11) is 1.34. The molecule has 0 aliphatic carbocycles. The van der Waals surface area contributed by atoms with Gasteiger partial charge in [-0.05, 0) is 43.5 Å². The summed E-state index contributed by atoms with van der Waals surface area (Å²) in [4.78, 5) is 29.8. The van der Waals surface area contributed by atoms with Gasteiger partial charge in [0.15, 0.2) is 0 Å². The molecule has 0 bridgehead atoms. The minimum Gasteiger partial charge on any atom is -0.465 e. The third kappa shape index (κ3) is 4.04. The largest absolute Gasteiger partial charge is 0.465 e. The highest BCUT2D eigenvalue weighted by molar-refractivity contribution is 6.30. The van der Waals surface area contributed by atoms with Crippen molar-refractivity contribution in [3.8, 4) is 0 Å². The first kappa shape index (κ1) is 19.1. The summed E-state index contributed by atoms with van der Waals surface area (Å²) in [5.41, 5.74) is 3.17. The van der Waals surface area contributed by atoms with Crippen molar-refractivity contribution < 1.29 is 14.3 Å². The van der Waals surface area contributed by atoms with E-state index in [9.17, 15) is 9.59 Å². The fourth-order valence-corrected chi connectivity index (χ4v) is 3.07. The molecule has 6 heteroatoms. The van der Waals surface area contributed by atoms with Gasteiger partial charge in [0.25, 0.3) is 5.91 Å². The molecule has 0 atom stereocenters. The Morgan fingerprint density at radius 1 is 1.28 bits per heavy atom. The summed E-state index contributed by atoms with van der Waals surface area (Å²) in [6.45, 7) is 6.60. The number of rotatable bonds is 6. The number of aromatic nitrogens is 1. The number of nitrogens with zero attached hydrogens (tertiary/aromatic N) is 1. The number of aromatic amines is 1. The first-order valence-corrected chi connectivity index (χ1v) is 8.64. The van der Waals surface area contributed by atoms with E-state index >= 15 is 0 Å². The maximum atomic E-state index is 13.0. The molecule has 0 spiro atoms. The van der Waals surface area contributed by atoms with Crippen LogP contribution in [0.5, 0.6) is 0 Å². The molecule has 1 aromatic carbocycles. The van der Waals surface area contributed by atoms with Gasteiger partial charge >= 0.3 is 5.97 Å². The van der Waals surface area contributed by atoms with Crippen LogP contribution in [0.2, 0.25) is 5.02 Å². The fourth-order valence-electron chi connectivity index (χ4n) is 2.86. The lowest BCUT2D eigenvalue weighted by Crippen LogP contribution is -2.31. The Balaban J connectivity index is 2.34. The minimum atomic E-state index is -0.428. The second-order valence-electron chi connectivity index (χ2n) is 5.77. The Kier molecular flexibility index (Phi) is 6.26. The maximum Gasteiger partial charge on any atom is 0.339 e. The molecule has 1 aromatic heterocycles. The van der Waals surface area contributed by atoms with Crippen LogP contribution in [0.3, 0.4) is 0 Å². The number of hydrogen-bond acceptors (Lipinski definition) is 3. The summed E-state index contributed by atoms with van der Waals surface area (Å²) >= 11 is 6.03. The molecule has 0 unspecified atom stereocenters. The Morgan fingerprint density at radius 3 is 2.56 bits per heavy atom. The highest BCUT2D eigenvalue weighted by Gasteiger charge is 2.26. The predicted molar refractivity (Wildman–Crippen MR) is 98.1 cm³/mol. The SMILES string of the molecule is CCc1[nH]c(C(=O)N(CC)Cc2cccc(Cl)c2)c(C)c1C(=O)OC. The molecule has 1 N–H and O–H groups in total. The topological polar surface area (TPSA) is 62.4 Å². The molecule has 2 aromatic rings. The third-order valence-corrected chi connectivity index (χ3v) is 4.45. The highest BCUT2D eigenvalue weighted by Crippen LogP contribution is 2.22. The summed E-state index contributed by atoms with van der Waals surface area (Å²) in [6.07, 6.45) is 0.610. The van der Waals surface area contributed by atoms with Crippen LogP contribution >= 0.6 is 11.6 Å². The van der Waals surface area contributed by atoms with Crippen LogP contribution in [-0.4, -0.2) is 35.4 Å². The average molecular weight is 363 g/mol. The zero-order valence-corrected chi connectivity index (χ0v) is 15.7. The van der Waals surface area contributed by atoms with Crippen molar-refractivity contribution in [1.82, 2.24) is 9.88 Å². The van der Waals surface area contributed by atoms with Gasteiger partial charge in [0.1, 0.15) is 5.69 Å². The van der Waals surface area contributed by atoms with Gasteiger partial charge in [-0.2, -0.15) is 0 Å². The number of esters is 1. The second-order valence-corrected chi connectivity index (χ2v) is 6.21. The molecule has 0 saturated heterocycles. The average Bonchev–Trinajstić information content (AvgIpc) is 2.95. The lowest BCUT2D eigenvalue weighted by molar-refractivity contribution is 0.0599. The molecule has 1 amide bonds. The van der Waals surface area contributed by atoms with E-state index < -0.39 is 5.97 Å². The Morgan fingerprint density at radius 2 is 2.00 bits per heavy atom. The zero-order valence-electron chi connectivity index (χ0n) is 15.0. The summed E-state index contributed by atoms with van der Waals surface area (Å²) in [6, 6.07) is 7.44. The number of ether oxygens (including phenoxy) is 1. The number of carbonyl (C=O) groups is 2. The second kappa shape index (κ2) is 8.21. The summed E-state index contributed by atoms with van der Waals surface area (Å²) < 4.78 is 4.85. The molecule has 0 radical (unpaired) electrons. The number of hydrogen-bond donors (Lipinski definition) is 1. The molecule has 0 fully saturated rings. The van der Waals surface area contributed by atoms with E-state index in [1.807, 2.05) is 32.0 Å². The molecule has 25 heavy (non-hydrogen) atoms. The molecule has 0 aliphatic rings. The van der Waals surface area contributed by atoms with Crippen LogP contribution < -0.4 is 0 Å². The highest BCUT2D eigenvalue weighted by atomic mass is 35.5. The van der Waals surface area contributed by atoms with Crippen LogP contribution in [0.4, 0.5) is 0 Å². The van der Waals surface area contributed by atoms with Crippen molar-refractivity contribution >= 4 is 23.5 Å². The zero-order chi connectivity index (χ0) is 18.6. The number of amides is 1. The van der Waals surface area contributed by atoms with Crippen molar-refractivity contribution in [2.45, 2.75) is 33.7 Å². The fraction of sp³-hybridized carbons (Fsp3) is 0.368. The van der Waals surface area contributed by atoms with Gasteiger partial charge in [-0.15, -0.1) is 0 Å². The number of carbonyl (C=O) groups excluding carboxylic acids is 2. The van der Waals surface area contributed by atoms with E-state index in [2.05, 4.69) is 4.98 Å². The van der Waals surface area contributed by atoms with Gasteiger partial charge in [-0.1, -0.05) is 30.7 Å².